The molecule has 2 rings (SSSR count). The second-order valence-corrected chi connectivity index (χ2v) is 6.00. The molecule has 2 atom stereocenters. The Kier molecular flexibility index (Phi) is 4.66. The van der Waals surface area contributed by atoms with E-state index in [0.717, 1.165) is 36.0 Å². The lowest BCUT2D eigenvalue weighted by molar-refractivity contribution is 0.266. The summed E-state index contributed by atoms with van der Waals surface area (Å²) in [5, 5.41) is 3.86. The van der Waals surface area contributed by atoms with Gasteiger partial charge in [-0.3, -0.25) is 0 Å². The van der Waals surface area contributed by atoms with Crippen molar-refractivity contribution in [1.29, 1.82) is 0 Å². The molecule has 1 aliphatic heterocycles. The first-order chi connectivity index (χ1) is 9.02. The Hall–Kier alpha value is -0.840. The smallest absolute Gasteiger partial charge is 0.147 e. The minimum atomic E-state index is 0.565. The fourth-order valence-corrected chi connectivity index (χ4v) is 3.11. The summed E-state index contributed by atoms with van der Waals surface area (Å²) in [6.45, 7) is 5.09. The zero-order chi connectivity index (χ0) is 14.0. The lowest BCUT2D eigenvalue weighted by atomic mass is 10.1. The van der Waals surface area contributed by atoms with Gasteiger partial charge < -0.3 is 15.1 Å². The quantitative estimate of drug-likeness (QED) is 0.913. The zero-order valence-electron chi connectivity index (χ0n) is 12.2. The zero-order valence-corrected chi connectivity index (χ0v) is 12.9. The molecule has 19 heavy (non-hydrogen) atoms. The van der Waals surface area contributed by atoms with E-state index >= 15 is 0 Å². The molecule has 0 radical (unpaired) electrons. The molecule has 1 aliphatic rings. The minimum absolute atomic E-state index is 0.565. The van der Waals surface area contributed by atoms with Crippen LogP contribution in [0.5, 0.6) is 0 Å². The summed E-state index contributed by atoms with van der Waals surface area (Å²) in [6, 6.07) is 2.57. The topological polar surface area (TPSA) is 31.4 Å². The van der Waals surface area contributed by atoms with E-state index in [1.807, 2.05) is 19.3 Å². The fourth-order valence-electron chi connectivity index (χ4n) is 2.80. The molecule has 2 unspecified atom stereocenters. The molecule has 1 aromatic heterocycles. The van der Waals surface area contributed by atoms with Crippen LogP contribution in [0.3, 0.4) is 0 Å². The number of pyridine rings is 1. The predicted molar refractivity (Wildman–Crippen MR) is 80.9 cm³/mol. The largest absolute Gasteiger partial charge is 0.353 e. The van der Waals surface area contributed by atoms with Gasteiger partial charge in [-0.15, -0.1) is 0 Å². The van der Waals surface area contributed by atoms with Crippen LogP contribution in [-0.2, 0) is 6.54 Å². The number of nitrogens with one attached hydrogen (secondary N) is 1. The Morgan fingerprint density at radius 1 is 1.47 bits per heavy atom. The van der Waals surface area contributed by atoms with Crippen LogP contribution in [0, 0.1) is 5.92 Å². The first-order valence-electron chi connectivity index (χ1n) is 6.73. The van der Waals surface area contributed by atoms with E-state index in [0.29, 0.717) is 12.0 Å². The van der Waals surface area contributed by atoms with Crippen LogP contribution in [0.15, 0.2) is 12.3 Å². The van der Waals surface area contributed by atoms with Gasteiger partial charge in [0.05, 0.1) is 5.02 Å². The van der Waals surface area contributed by atoms with Crippen LogP contribution in [0.4, 0.5) is 5.82 Å². The lowest BCUT2D eigenvalue weighted by Crippen LogP contribution is -2.34. The molecule has 106 valence electrons. The molecule has 4 nitrogen and oxygen atoms in total. The van der Waals surface area contributed by atoms with Crippen molar-refractivity contribution in [3.05, 3.63) is 22.8 Å². The summed E-state index contributed by atoms with van der Waals surface area (Å²) >= 11 is 6.37. The average Bonchev–Trinajstić information content (AvgIpc) is 2.72. The Morgan fingerprint density at radius 2 is 2.21 bits per heavy atom. The normalized spacial score (nSPS) is 23.4. The van der Waals surface area contributed by atoms with Crippen molar-refractivity contribution in [2.45, 2.75) is 19.5 Å². The number of halogens is 1. The third-order valence-electron chi connectivity index (χ3n) is 3.79. The SMILES string of the molecule is CNCc1cnc(N2CC(C)C(N(C)C)C2)c(Cl)c1. The summed E-state index contributed by atoms with van der Waals surface area (Å²) in [6.07, 6.45) is 1.91. The number of likely N-dealkylation sites (N-methyl/N-ethyl adjacent to an activating group) is 1. The van der Waals surface area contributed by atoms with Crippen molar-refractivity contribution in [1.82, 2.24) is 15.2 Å². The minimum Gasteiger partial charge on any atom is -0.353 e. The average molecular weight is 283 g/mol. The molecule has 2 heterocycles. The highest BCUT2D eigenvalue weighted by Crippen LogP contribution is 2.30. The van der Waals surface area contributed by atoms with Crippen molar-refractivity contribution in [2.75, 3.05) is 39.1 Å². The van der Waals surface area contributed by atoms with Gasteiger partial charge in [-0.2, -0.15) is 0 Å². The van der Waals surface area contributed by atoms with Crippen molar-refractivity contribution in [3.8, 4) is 0 Å². The number of nitrogens with zero attached hydrogens (tertiary/aromatic N) is 3. The van der Waals surface area contributed by atoms with Gasteiger partial charge in [0.1, 0.15) is 5.82 Å². The Bertz CT molecular complexity index is 435. The molecular weight excluding hydrogens is 260 g/mol. The molecule has 5 heteroatoms. The standard InChI is InChI=1S/C14H23ClN4/c1-10-8-19(9-13(10)18(3)4)14-12(15)5-11(6-16-2)7-17-14/h5,7,10,13,16H,6,8-9H2,1-4H3. The van der Waals surface area contributed by atoms with E-state index in [-0.39, 0.29) is 0 Å². The summed E-state index contributed by atoms with van der Waals surface area (Å²) < 4.78 is 0. The van der Waals surface area contributed by atoms with Gasteiger partial charge in [0, 0.05) is 31.9 Å². The highest BCUT2D eigenvalue weighted by atomic mass is 35.5. The summed E-state index contributed by atoms with van der Waals surface area (Å²) in [4.78, 5) is 9.12. The Morgan fingerprint density at radius 3 is 2.74 bits per heavy atom. The second-order valence-electron chi connectivity index (χ2n) is 5.59. The van der Waals surface area contributed by atoms with Gasteiger partial charge in [0.2, 0.25) is 0 Å². The van der Waals surface area contributed by atoms with Crippen molar-refractivity contribution >= 4 is 17.4 Å². The third-order valence-corrected chi connectivity index (χ3v) is 4.07. The summed E-state index contributed by atoms with van der Waals surface area (Å²) in [7, 11) is 6.19. The lowest BCUT2D eigenvalue weighted by Gasteiger charge is -2.23. The van der Waals surface area contributed by atoms with Gasteiger partial charge in [-0.1, -0.05) is 18.5 Å². The van der Waals surface area contributed by atoms with Gasteiger partial charge in [0.15, 0.2) is 0 Å². The van der Waals surface area contributed by atoms with Crippen LogP contribution in [0.2, 0.25) is 5.02 Å². The molecule has 1 aromatic rings. The molecule has 0 bridgehead atoms. The van der Waals surface area contributed by atoms with Crippen LogP contribution < -0.4 is 10.2 Å². The molecule has 1 saturated heterocycles. The van der Waals surface area contributed by atoms with Crippen molar-refractivity contribution < 1.29 is 0 Å². The number of hydrogen-bond donors (Lipinski definition) is 1. The van der Waals surface area contributed by atoms with E-state index in [2.05, 4.69) is 41.1 Å². The maximum Gasteiger partial charge on any atom is 0.147 e. The van der Waals surface area contributed by atoms with Crippen molar-refractivity contribution in [2.24, 2.45) is 5.92 Å². The molecule has 1 fully saturated rings. The predicted octanol–water partition coefficient (Wildman–Crippen LogP) is 1.84. The van der Waals surface area contributed by atoms with Gasteiger partial charge in [-0.25, -0.2) is 4.98 Å². The van der Waals surface area contributed by atoms with Crippen molar-refractivity contribution in [3.63, 3.8) is 0 Å². The number of aromatic nitrogens is 1. The van der Waals surface area contributed by atoms with E-state index in [1.54, 1.807) is 0 Å². The van der Waals surface area contributed by atoms with E-state index < -0.39 is 0 Å². The summed E-state index contributed by atoms with van der Waals surface area (Å²) in [5.74, 6) is 1.54. The molecule has 0 saturated carbocycles. The van der Waals surface area contributed by atoms with E-state index in [9.17, 15) is 0 Å². The molecule has 0 amide bonds. The highest BCUT2D eigenvalue weighted by Gasteiger charge is 2.32. The van der Waals surface area contributed by atoms with Crippen LogP contribution in [-0.4, -0.2) is 50.2 Å². The monoisotopic (exact) mass is 282 g/mol. The van der Waals surface area contributed by atoms with E-state index in [4.69, 9.17) is 11.6 Å². The van der Waals surface area contributed by atoms with Gasteiger partial charge >= 0.3 is 0 Å². The van der Waals surface area contributed by atoms with Crippen LogP contribution in [0.25, 0.3) is 0 Å². The molecule has 1 N–H and O–H groups in total. The third kappa shape index (κ3) is 3.19. The first-order valence-corrected chi connectivity index (χ1v) is 7.11. The van der Waals surface area contributed by atoms with E-state index in [1.165, 1.54) is 0 Å². The number of anilines is 1. The Labute approximate surface area is 120 Å². The Balaban J connectivity index is 2.15. The summed E-state index contributed by atoms with van der Waals surface area (Å²) in [5.41, 5.74) is 1.12. The molecule has 0 aliphatic carbocycles. The van der Waals surface area contributed by atoms with Crippen LogP contribution >= 0.6 is 11.6 Å². The van der Waals surface area contributed by atoms with Gasteiger partial charge in [0.25, 0.3) is 0 Å². The second kappa shape index (κ2) is 6.07. The highest BCUT2D eigenvalue weighted by molar-refractivity contribution is 6.33. The maximum atomic E-state index is 6.37. The molecule has 0 spiro atoms. The number of rotatable bonds is 4. The van der Waals surface area contributed by atoms with Crippen LogP contribution in [0.1, 0.15) is 12.5 Å². The maximum absolute atomic E-state index is 6.37. The fraction of sp³-hybridized carbons (Fsp3) is 0.643. The van der Waals surface area contributed by atoms with Gasteiger partial charge in [-0.05, 0) is 38.7 Å². The molecular formula is C14H23ClN4. The number of hydrogen-bond acceptors (Lipinski definition) is 4. The first kappa shape index (κ1) is 14.6. The molecule has 0 aromatic carbocycles.